The van der Waals surface area contributed by atoms with Gasteiger partial charge in [0, 0.05) is 11.6 Å². The fraction of sp³-hybridized carbons (Fsp3) is 0.160. The molecule has 11 heteroatoms. The number of hydrogen-bond acceptors (Lipinski definition) is 8. The molecule has 0 aliphatic heterocycles. The van der Waals surface area contributed by atoms with E-state index in [1.165, 1.54) is 27.7 Å². The number of carbonyl (C=O) groups is 1. The molecule has 0 aliphatic rings. The van der Waals surface area contributed by atoms with Gasteiger partial charge < -0.3 is 19.5 Å². The van der Waals surface area contributed by atoms with Crippen molar-refractivity contribution >= 4 is 22.8 Å². The number of carbonyl (C=O) groups excluding carboxylic acids is 1. The Morgan fingerprint density at radius 1 is 0.917 bits per heavy atom. The lowest BCUT2D eigenvalue weighted by molar-refractivity contribution is 0.102. The van der Waals surface area contributed by atoms with E-state index in [0.717, 1.165) is 5.69 Å². The minimum absolute atomic E-state index is 0.319. The average Bonchev–Trinajstić information content (AvgIpc) is 3.51. The summed E-state index contributed by atoms with van der Waals surface area (Å²) in [4.78, 5) is 22.1. The van der Waals surface area contributed by atoms with Crippen molar-refractivity contribution in [1.29, 1.82) is 0 Å². The van der Waals surface area contributed by atoms with Crippen LogP contribution in [-0.4, -0.2) is 56.8 Å². The van der Waals surface area contributed by atoms with Gasteiger partial charge >= 0.3 is 0 Å². The second-order valence-electron chi connectivity index (χ2n) is 7.78. The van der Waals surface area contributed by atoms with Crippen molar-refractivity contribution in [2.75, 3.05) is 26.6 Å². The SMILES string of the molecule is COc1cc(C(=O)Nc2cc(C)nn2-c2ncnc3c2cnn3-c2ccccc2)cc(OC)c1OC. The fourth-order valence-electron chi connectivity index (χ4n) is 3.91. The van der Waals surface area contributed by atoms with Gasteiger partial charge in [-0.15, -0.1) is 0 Å². The number of para-hydroxylation sites is 1. The number of nitrogens with zero attached hydrogens (tertiary/aromatic N) is 6. The molecule has 3 heterocycles. The molecule has 0 atom stereocenters. The summed E-state index contributed by atoms with van der Waals surface area (Å²) in [6, 6.07) is 14.6. The summed E-state index contributed by atoms with van der Waals surface area (Å²) in [6.45, 7) is 1.83. The number of nitrogens with one attached hydrogen (secondary N) is 1. The van der Waals surface area contributed by atoms with Crippen molar-refractivity contribution in [1.82, 2.24) is 29.5 Å². The van der Waals surface area contributed by atoms with Crippen LogP contribution < -0.4 is 19.5 Å². The molecule has 36 heavy (non-hydrogen) atoms. The van der Waals surface area contributed by atoms with Crippen LogP contribution in [0.4, 0.5) is 5.82 Å². The van der Waals surface area contributed by atoms with Crippen LogP contribution in [0.3, 0.4) is 0 Å². The maximum atomic E-state index is 13.2. The zero-order valence-corrected chi connectivity index (χ0v) is 20.1. The smallest absolute Gasteiger partial charge is 0.257 e. The molecule has 0 spiro atoms. The molecule has 0 bridgehead atoms. The van der Waals surface area contributed by atoms with E-state index in [-0.39, 0.29) is 5.91 Å². The highest BCUT2D eigenvalue weighted by molar-refractivity contribution is 6.05. The van der Waals surface area contributed by atoms with Gasteiger partial charge in [0.05, 0.1) is 44.3 Å². The molecule has 3 aromatic heterocycles. The molecule has 0 radical (unpaired) electrons. The molecular weight excluding hydrogens is 462 g/mol. The molecule has 1 amide bonds. The number of aromatic nitrogens is 6. The Hall–Kier alpha value is -4.93. The van der Waals surface area contributed by atoms with E-state index in [0.29, 0.717) is 51.2 Å². The maximum absolute atomic E-state index is 13.2. The zero-order valence-electron chi connectivity index (χ0n) is 20.1. The van der Waals surface area contributed by atoms with Crippen LogP contribution in [0.2, 0.25) is 0 Å². The summed E-state index contributed by atoms with van der Waals surface area (Å²) in [5.74, 6) is 1.67. The number of anilines is 1. The molecular formula is C25H23N7O4. The summed E-state index contributed by atoms with van der Waals surface area (Å²) in [5, 5.41) is 12.6. The second kappa shape index (κ2) is 9.37. The van der Waals surface area contributed by atoms with E-state index in [9.17, 15) is 4.79 Å². The lowest BCUT2D eigenvalue weighted by Gasteiger charge is -2.14. The largest absolute Gasteiger partial charge is 0.493 e. The summed E-state index contributed by atoms with van der Waals surface area (Å²) < 4.78 is 19.4. The van der Waals surface area contributed by atoms with Crippen LogP contribution in [-0.2, 0) is 0 Å². The van der Waals surface area contributed by atoms with Crippen LogP contribution in [0.1, 0.15) is 16.1 Å². The van der Waals surface area contributed by atoms with Gasteiger partial charge in [0.2, 0.25) is 5.75 Å². The van der Waals surface area contributed by atoms with Gasteiger partial charge in [-0.25, -0.2) is 14.6 Å². The maximum Gasteiger partial charge on any atom is 0.257 e. The van der Waals surface area contributed by atoms with E-state index in [1.807, 2.05) is 37.3 Å². The number of fused-ring (bicyclic) bond motifs is 1. The third-order valence-corrected chi connectivity index (χ3v) is 5.55. The van der Waals surface area contributed by atoms with Crippen LogP contribution in [0.15, 0.2) is 61.1 Å². The summed E-state index contributed by atoms with van der Waals surface area (Å²) in [5.41, 5.74) is 2.49. The first-order chi connectivity index (χ1) is 17.5. The van der Waals surface area contributed by atoms with Gasteiger partial charge in [-0.3, -0.25) is 4.79 Å². The van der Waals surface area contributed by atoms with Crippen molar-refractivity contribution in [2.45, 2.75) is 6.92 Å². The molecule has 5 aromatic rings. The highest BCUT2D eigenvalue weighted by atomic mass is 16.5. The molecule has 182 valence electrons. The van der Waals surface area contributed by atoms with Gasteiger partial charge in [0.1, 0.15) is 12.1 Å². The number of amides is 1. The van der Waals surface area contributed by atoms with Crippen molar-refractivity contribution in [3.05, 3.63) is 72.3 Å². The lowest BCUT2D eigenvalue weighted by atomic mass is 10.1. The molecule has 0 fully saturated rings. The molecule has 11 nitrogen and oxygen atoms in total. The van der Waals surface area contributed by atoms with Crippen molar-refractivity contribution < 1.29 is 19.0 Å². The fourth-order valence-corrected chi connectivity index (χ4v) is 3.91. The molecule has 0 aliphatic carbocycles. The quantitative estimate of drug-likeness (QED) is 0.372. The number of benzene rings is 2. The Balaban J connectivity index is 1.54. The highest BCUT2D eigenvalue weighted by Crippen LogP contribution is 2.38. The predicted octanol–water partition coefficient (Wildman–Crippen LogP) is 3.59. The van der Waals surface area contributed by atoms with Gasteiger partial charge in [-0.2, -0.15) is 14.9 Å². The number of ether oxygens (including phenoxy) is 3. The first-order valence-corrected chi connectivity index (χ1v) is 11.0. The van der Waals surface area contributed by atoms with Gasteiger partial charge in [-0.1, -0.05) is 18.2 Å². The van der Waals surface area contributed by atoms with E-state index in [1.54, 1.807) is 33.8 Å². The zero-order chi connectivity index (χ0) is 25.2. The molecule has 2 aromatic carbocycles. The molecule has 0 unspecified atom stereocenters. The van der Waals surface area contributed by atoms with E-state index in [2.05, 4.69) is 25.5 Å². The second-order valence-corrected chi connectivity index (χ2v) is 7.78. The summed E-state index contributed by atoms with van der Waals surface area (Å²) in [7, 11) is 4.49. The van der Waals surface area contributed by atoms with E-state index in [4.69, 9.17) is 14.2 Å². The first kappa shape index (κ1) is 22.8. The third-order valence-electron chi connectivity index (χ3n) is 5.55. The Bertz CT molecular complexity index is 1530. The Kier molecular flexibility index (Phi) is 5.95. The number of hydrogen-bond donors (Lipinski definition) is 1. The van der Waals surface area contributed by atoms with Crippen LogP contribution >= 0.6 is 0 Å². The normalized spacial score (nSPS) is 10.9. The predicted molar refractivity (Wildman–Crippen MR) is 133 cm³/mol. The number of methoxy groups -OCH3 is 3. The topological polar surface area (TPSA) is 118 Å². The lowest BCUT2D eigenvalue weighted by Crippen LogP contribution is -2.16. The van der Waals surface area contributed by atoms with Crippen molar-refractivity contribution in [2.24, 2.45) is 0 Å². The van der Waals surface area contributed by atoms with Gasteiger partial charge in [0.25, 0.3) is 5.91 Å². The van der Waals surface area contributed by atoms with Crippen molar-refractivity contribution in [3.8, 4) is 28.8 Å². The Labute approximate surface area is 206 Å². The van der Waals surface area contributed by atoms with E-state index >= 15 is 0 Å². The third kappa shape index (κ3) is 3.96. The molecule has 0 saturated carbocycles. The molecule has 1 N–H and O–H groups in total. The van der Waals surface area contributed by atoms with Crippen molar-refractivity contribution in [3.63, 3.8) is 0 Å². The number of rotatable bonds is 7. The Morgan fingerprint density at radius 3 is 2.31 bits per heavy atom. The van der Waals surface area contributed by atoms with Crippen LogP contribution in [0.5, 0.6) is 17.2 Å². The van der Waals surface area contributed by atoms with Gasteiger partial charge in [0.15, 0.2) is 23.0 Å². The highest BCUT2D eigenvalue weighted by Gasteiger charge is 2.21. The first-order valence-electron chi connectivity index (χ1n) is 11.0. The Morgan fingerprint density at radius 2 is 1.64 bits per heavy atom. The summed E-state index contributed by atoms with van der Waals surface area (Å²) >= 11 is 0. The van der Waals surface area contributed by atoms with Crippen LogP contribution in [0.25, 0.3) is 22.5 Å². The summed E-state index contributed by atoms with van der Waals surface area (Å²) in [6.07, 6.45) is 3.13. The number of aryl methyl sites for hydroxylation is 1. The standard InChI is InChI=1S/C25H23N7O4/c1-15-10-21(29-25(33)16-11-19(34-2)22(36-4)20(12-16)35-3)32(30-15)24-18-13-28-31(23(18)26-14-27-24)17-8-6-5-7-9-17/h5-14H,1-4H3,(H,29,33). The minimum atomic E-state index is -0.388. The average molecular weight is 486 g/mol. The van der Waals surface area contributed by atoms with Crippen LogP contribution in [0, 0.1) is 6.92 Å². The van der Waals surface area contributed by atoms with Gasteiger partial charge in [-0.05, 0) is 31.2 Å². The minimum Gasteiger partial charge on any atom is -0.493 e. The molecule has 5 rings (SSSR count). The van der Waals surface area contributed by atoms with E-state index < -0.39 is 0 Å². The molecule has 0 saturated heterocycles. The monoisotopic (exact) mass is 485 g/mol.